The van der Waals surface area contributed by atoms with Crippen LogP contribution in [0.25, 0.3) is 11.1 Å². The molecule has 3 aliphatic carbocycles. The third-order valence-electron chi connectivity index (χ3n) is 13.4. The molecule has 6 amide bonds. The van der Waals surface area contributed by atoms with Crippen LogP contribution in [0.4, 0.5) is 0 Å². The van der Waals surface area contributed by atoms with Gasteiger partial charge >= 0.3 is 7.12 Å². The van der Waals surface area contributed by atoms with Crippen molar-refractivity contribution in [3.63, 3.8) is 0 Å². The number of rotatable bonds is 17. The number of likely N-dealkylation sites (tertiary alicyclic amines) is 1. The number of aliphatic hydroxyl groups is 1. The number of carbonyl (C=O) groups is 6. The third-order valence-corrected chi connectivity index (χ3v) is 13.4. The SMILES string of the molecule is CCCCc1ccc(-c2ccc(C(=O)N3C[C@@H](N)C[C@H]3C(=O)N[C@H](C(=O)N[C@@H](N)C(=O)NC(CC(N)=O)C(=O)N[C@@H](N)B3O[C@@H]4C[C@@H]5C[C@@H](C5(C)C)[C@]4(C)O3)C(C)O)cc2)cc1. The second kappa shape index (κ2) is 18.8. The van der Waals surface area contributed by atoms with E-state index in [9.17, 15) is 33.9 Å². The van der Waals surface area contributed by atoms with E-state index in [2.05, 4.69) is 54.2 Å². The van der Waals surface area contributed by atoms with Gasteiger partial charge in [-0.3, -0.25) is 28.8 Å². The van der Waals surface area contributed by atoms with Crippen molar-refractivity contribution in [1.82, 2.24) is 26.2 Å². The normalized spacial score (nSPS) is 27.1. The van der Waals surface area contributed by atoms with Gasteiger partial charge in [0, 0.05) is 18.2 Å². The van der Waals surface area contributed by atoms with Gasteiger partial charge in [-0.25, -0.2) is 0 Å². The Labute approximate surface area is 362 Å². The highest BCUT2D eigenvalue weighted by atomic mass is 16.7. The van der Waals surface area contributed by atoms with Crippen molar-refractivity contribution in [3.8, 4) is 11.1 Å². The van der Waals surface area contributed by atoms with E-state index in [0.29, 0.717) is 11.5 Å². The van der Waals surface area contributed by atoms with E-state index in [0.717, 1.165) is 43.2 Å². The minimum absolute atomic E-state index is 0.0687. The minimum atomic E-state index is -1.82. The van der Waals surface area contributed by atoms with Gasteiger partial charge in [0.15, 0.2) is 6.17 Å². The van der Waals surface area contributed by atoms with Crippen LogP contribution in [0.3, 0.4) is 0 Å². The molecule has 5 aliphatic rings. The molecule has 18 nitrogen and oxygen atoms in total. The lowest BCUT2D eigenvalue weighted by molar-refractivity contribution is -0.199. The molecule has 2 bridgehead atoms. The minimum Gasteiger partial charge on any atom is -0.403 e. The summed E-state index contributed by atoms with van der Waals surface area (Å²) in [6, 6.07) is 9.32. The van der Waals surface area contributed by atoms with E-state index >= 15 is 0 Å². The number of aryl methyl sites for hydroxylation is 1. The van der Waals surface area contributed by atoms with Gasteiger partial charge in [-0.15, -0.1) is 0 Å². The maximum Gasteiger partial charge on any atom is 0.497 e. The summed E-state index contributed by atoms with van der Waals surface area (Å²) in [6.45, 7) is 9.86. The molecule has 62 heavy (non-hydrogen) atoms. The van der Waals surface area contributed by atoms with Crippen LogP contribution in [-0.2, 0) is 39.7 Å². The van der Waals surface area contributed by atoms with Gasteiger partial charge in [0.05, 0.1) is 24.2 Å². The number of hydrogen-bond donors (Lipinski definition) is 9. The summed E-state index contributed by atoms with van der Waals surface area (Å²) in [5.41, 5.74) is 26.9. The van der Waals surface area contributed by atoms with Crippen molar-refractivity contribution < 1.29 is 43.2 Å². The molecule has 336 valence electrons. The van der Waals surface area contributed by atoms with E-state index < -0.39 is 97.1 Å². The van der Waals surface area contributed by atoms with E-state index in [-0.39, 0.29) is 30.4 Å². The first kappa shape index (κ1) is 46.6. The molecule has 0 spiro atoms. The molecule has 11 atom stereocenters. The number of carbonyl (C=O) groups excluding carboxylic acids is 6. The number of amides is 6. The second-order valence-corrected chi connectivity index (χ2v) is 18.2. The van der Waals surface area contributed by atoms with Crippen LogP contribution in [0, 0.1) is 17.3 Å². The van der Waals surface area contributed by atoms with Crippen molar-refractivity contribution in [1.29, 1.82) is 0 Å². The molecule has 2 unspecified atom stereocenters. The van der Waals surface area contributed by atoms with Crippen molar-refractivity contribution in [2.24, 2.45) is 40.2 Å². The number of primary amides is 1. The summed E-state index contributed by atoms with van der Waals surface area (Å²) in [7, 11) is -0.997. The number of nitrogens with one attached hydrogen (secondary N) is 4. The third kappa shape index (κ3) is 9.82. The fourth-order valence-corrected chi connectivity index (χ4v) is 9.58. The Kier molecular flexibility index (Phi) is 14.1. The molecule has 0 radical (unpaired) electrons. The Morgan fingerprint density at radius 1 is 0.887 bits per heavy atom. The number of hydrogen-bond acceptors (Lipinski definition) is 12. The predicted molar refractivity (Wildman–Crippen MR) is 230 cm³/mol. The number of benzene rings is 2. The Morgan fingerprint density at radius 3 is 2.13 bits per heavy atom. The van der Waals surface area contributed by atoms with Crippen molar-refractivity contribution in [2.75, 3.05) is 6.54 Å². The standard InChI is InChI=1S/C43H62BN9O9/c1-6-7-8-23-9-11-24(12-10-23)25-13-15-26(16-14-25)40(60)53-21-28(45)19-30(53)37(57)50-34(22(2)54)38(58)51-35(47)39(59)49-29(20-33(46)55)36(56)52-41(48)44-61-32-18-27-17-31(42(27,3)4)43(32,5)62-44/h9-16,22,27-32,34-35,41,54H,6-8,17-21,45,47-48H2,1-5H3,(H2,46,55)(H,49,59)(H,50,57)(H,51,58)(H,52,56)/t22?,27-,28-,29?,30-,31-,32+,34-,35+,41+,43-/m0/s1. The van der Waals surface area contributed by atoms with Crippen LogP contribution in [-0.4, -0.2) is 113 Å². The fraction of sp³-hybridized carbons (Fsp3) is 0.581. The highest BCUT2D eigenvalue weighted by molar-refractivity contribution is 6.47. The van der Waals surface area contributed by atoms with Crippen LogP contribution in [0.5, 0.6) is 0 Å². The van der Waals surface area contributed by atoms with Gasteiger partial charge < -0.3 is 63.5 Å². The van der Waals surface area contributed by atoms with Crippen molar-refractivity contribution in [3.05, 3.63) is 59.7 Å². The van der Waals surface area contributed by atoms with Crippen molar-refractivity contribution >= 4 is 42.6 Å². The van der Waals surface area contributed by atoms with E-state index in [4.69, 9.17) is 32.2 Å². The maximum atomic E-state index is 13.7. The molecule has 2 heterocycles. The number of nitrogens with zero attached hydrogens (tertiary/aromatic N) is 1. The summed E-state index contributed by atoms with van der Waals surface area (Å²) >= 11 is 0. The first-order valence-electron chi connectivity index (χ1n) is 21.5. The zero-order valence-corrected chi connectivity index (χ0v) is 36.1. The highest BCUT2D eigenvalue weighted by Gasteiger charge is 2.68. The van der Waals surface area contributed by atoms with Crippen LogP contribution < -0.4 is 44.2 Å². The summed E-state index contributed by atoms with van der Waals surface area (Å²) < 4.78 is 12.5. The molecule has 0 aromatic heterocycles. The topological polar surface area (TPSA) is 297 Å². The molecule has 2 aromatic rings. The van der Waals surface area contributed by atoms with Crippen molar-refractivity contribution in [2.45, 2.75) is 134 Å². The predicted octanol–water partition coefficient (Wildman–Crippen LogP) is -0.467. The Balaban J connectivity index is 1.03. The molecule has 2 aromatic carbocycles. The molecular formula is C43H62BN9O9. The zero-order valence-electron chi connectivity index (χ0n) is 36.1. The second-order valence-electron chi connectivity index (χ2n) is 18.2. The lowest BCUT2D eigenvalue weighted by atomic mass is 9.43. The van der Waals surface area contributed by atoms with Gasteiger partial charge in [-0.05, 0) is 92.0 Å². The molecule has 5 fully saturated rings. The molecular weight excluding hydrogens is 797 g/mol. The maximum absolute atomic E-state index is 13.7. The summed E-state index contributed by atoms with van der Waals surface area (Å²) in [5, 5.41) is 20.1. The first-order chi connectivity index (χ1) is 29.2. The van der Waals surface area contributed by atoms with E-state index in [1.165, 1.54) is 17.4 Å². The summed E-state index contributed by atoms with van der Waals surface area (Å²) in [5.74, 6) is -4.43. The quantitative estimate of drug-likeness (QED) is 0.0721. The van der Waals surface area contributed by atoms with Gasteiger partial charge in [0.25, 0.3) is 11.8 Å². The molecule has 13 N–H and O–H groups in total. The zero-order chi connectivity index (χ0) is 45.3. The Morgan fingerprint density at radius 2 is 1.53 bits per heavy atom. The van der Waals surface area contributed by atoms with Crippen LogP contribution in [0.1, 0.15) is 89.1 Å². The molecule has 2 aliphatic heterocycles. The monoisotopic (exact) mass is 859 g/mol. The molecule has 2 saturated heterocycles. The number of unbranched alkanes of at least 4 members (excludes halogenated alkanes) is 1. The van der Waals surface area contributed by atoms with Gasteiger partial charge in [0.2, 0.25) is 23.6 Å². The molecule has 3 saturated carbocycles. The largest absolute Gasteiger partial charge is 0.497 e. The number of aliphatic hydroxyl groups excluding tert-OH is 1. The smallest absolute Gasteiger partial charge is 0.403 e. The average molecular weight is 860 g/mol. The van der Waals surface area contributed by atoms with Crippen LogP contribution in [0.2, 0.25) is 0 Å². The summed E-state index contributed by atoms with van der Waals surface area (Å²) in [6.07, 6.45) is 0.956. The van der Waals surface area contributed by atoms with E-state index in [1.807, 2.05) is 31.2 Å². The Bertz CT molecular complexity index is 2000. The highest BCUT2D eigenvalue weighted by Crippen LogP contribution is 2.65. The van der Waals surface area contributed by atoms with E-state index in [1.54, 1.807) is 12.1 Å². The summed E-state index contributed by atoms with van der Waals surface area (Å²) in [4.78, 5) is 80.7. The molecule has 19 heteroatoms. The van der Waals surface area contributed by atoms with Gasteiger partial charge in [-0.2, -0.15) is 0 Å². The van der Waals surface area contributed by atoms with Crippen LogP contribution in [0.15, 0.2) is 48.5 Å². The lowest BCUT2D eigenvalue weighted by Gasteiger charge is -2.64. The van der Waals surface area contributed by atoms with Gasteiger partial charge in [-0.1, -0.05) is 63.6 Å². The first-order valence-corrected chi connectivity index (χ1v) is 21.5. The lowest BCUT2D eigenvalue weighted by Crippen LogP contribution is -2.65. The average Bonchev–Trinajstić information content (AvgIpc) is 3.81. The Hall–Kier alpha value is -4.92. The van der Waals surface area contributed by atoms with Gasteiger partial charge in [0.1, 0.15) is 24.2 Å². The fourth-order valence-electron chi connectivity index (χ4n) is 9.58. The number of nitrogens with two attached hydrogens (primary N) is 4. The van der Waals surface area contributed by atoms with Crippen LogP contribution >= 0.6 is 0 Å². The molecule has 7 rings (SSSR count).